The van der Waals surface area contributed by atoms with Crippen LogP contribution >= 0.6 is 0 Å². The molecule has 3 heteroatoms. The average Bonchev–Trinajstić information content (AvgIpc) is 3.31. The quantitative estimate of drug-likeness (QED) is 0.890. The van der Waals surface area contributed by atoms with Crippen molar-refractivity contribution in [1.29, 1.82) is 0 Å². The first-order valence-electron chi connectivity index (χ1n) is 8.33. The third-order valence-corrected chi connectivity index (χ3v) is 4.58. The molecule has 20 heavy (non-hydrogen) atoms. The topological polar surface area (TPSA) is 28.2 Å². The molecule has 1 aliphatic carbocycles. The van der Waals surface area contributed by atoms with Crippen LogP contribution in [0, 0.1) is 0 Å². The predicted octanol–water partition coefficient (Wildman–Crippen LogP) is 3.49. The molecule has 0 spiro atoms. The lowest BCUT2D eigenvalue weighted by atomic mass is 10.1. The minimum atomic E-state index is 0.677. The number of nitrogens with zero attached hydrogens (tertiary/aromatic N) is 2. The number of rotatable bonds is 5. The second-order valence-corrected chi connectivity index (χ2v) is 6.25. The normalized spacial score (nSPS) is 23.6. The Balaban J connectivity index is 1.71. The molecule has 2 heterocycles. The molecule has 1 aromatic heterocycles. The van der Waals surface area contributed by atoms with Gasteiger partial charge in [-0.15, -0.1) is 0 Å². The number of hydrogen-bond acceptors (Lipinski definition) is 3. The minimum Gasteiger partial charge on any atom is -0.354 e. The van der Waals surface area contributed by atoms with Crippen LogP contribution in [0.5, 0.6) is 0 Å². The van der Waals surface area contributed by atoms with Gasteiger partial charge in [0, 0.05) is 25.2 Å². The predicted molar refractivity (Wildman–Crippen MR) is 84.0 cm³/mol. The van der Waals surface area contributed by atoms with Crippen LogP contribution in [0.15, 0.2) is 18.2 Å². The van der Waals surface area contributed by atoms with Gasteiger partial charge in [-0.3, -0.25) is 0 Å². The van der Waals surface area contributed by atoms with Crippen LogP contribution < -0.4 is 10.2 Å². The van der Waals surface area contributed by atoms with Crippen molar-refractivity contribution in [2.45, 2.75) is 70.5 Å². The Kier molecular flexibility index (Phi) is 4.56. The fourth-order valence-corrected chi connectivity index (χ4v) is 3.17. The van der Waals surface area contributed by atoms with E-state index in [0.717, 1.165) is 12.6 Å². The maximum atomic E-state index is 4.90. The molecular weight excluding hydrogens is 246 g/mol. The van der Waals surface area contributed by atoms with Gasteiger partial charge in [0.15, 0.2) is 0 Å². The molecule has 3 nitrogen and oxygen atoms in total. The highest BCUT2D eigenvalue weighted by Crippen LogP contribution is 2.25. The Morgan fingerprint density at radius 3 is 2.90 bits per heavy atom. The van der Waals surface area contributed by atoms with E-state index in [9.17, 15) is 0 Å². The van der Waals surface area contributed by atoms with Crippen molar-refractivity contribution in [1.82, 2.24) is 10.3 Å². The Labute approximate surface area is 122 Å². The van der Waals surface area contributed by atoms with Crippen LogP contribution in [-0.4, -0.2) is 23.6 Å². The Morgan fingerprint density at radius 2 is 2.10 bits per heavy atom. The molecule has 0 bridgehead atoms. The van der Waals surface area contributed by atoms with Gasteiger partial charge in [0.2, 0.25) is 0 Å². The number of hydrogen-bond donors (Lipinski definition) is 1. The van der Waals surface area contributed by atoms with E-state index < -0.39 is 0 Å². The molecule has 1 N–H and O–H groups in total. The molecule has 1 aromatic rings. The minimum absolute atomic E-state index is 0.677. The van der Waals surface area contributed by atoms with Crippen LogP contribution in [0.4, 0.5) is 5.82 Å². The third kappa shape index (κ3) is 3.51. The summed E-state index contributed by atoms with van der Waals surface area (Å²) in [6.07, 6.45) is 9.28. The van der Waals surface area contributed by atoms with Crippen molar-refractivity contribution < 1.29 is 0 Å². The lowest BCUT2D eigenvalue weighted by Gasteiger charge is -2.30. The van der Waals surface area contributed by atoms with Gasteiger partial charge < -0.3 is 10.2 Å². The molecule has 0 amide bonds. The first kappa shape index (κ1) is 13.9. The SMILES string of the molecule is CCC1CCCCCN1c1cccc(CNC2CC2)n1. The van der Waals surface area contributed by atoms with Crippen LogP contribution in [0.3, 0.4) is 0 Å². The molecule has 110 valence electrons. The fourth-order valence-electron chi connectivity index (χ4n) is 3.17. The van der Waals surface area contributed by atoms with Crippen molar-refractivity contribution in [2.75, 3.05) is 11.4 Å². The van der Waals surface area contributed by atoms with E-state index in [1.165, 1.54) is 63.0 Å². The smallest absolute Gasteiger partial charge is 0.129 e. The maximum Gasteiger partial charge on any atom is 0.129 e. The summed E-state index contributed by atoms with van der Waals surface area (Å²) in [5, 5.41) is 3.56. The van der Waals surface area contributed by atoms with Gasteiger partial charge in [-0.2, -0.15) is 0 Å². The first-order chi connectivity index (χ1) is 9.86. The summed E-state index contributed by atoms with van der Waals surface area (Å²) in [5.41, 5.74) is 1.19. The first-order valence-corrected chi connectivity index (χ1v) is 8.33. The summed E-state index contributed by atoms with van der Waals surface area (Å²) in [4.78, 5) is 7.45. The number of nitrogens with one attached hydrogen (secondary N) is 1. The molecule has 0 radical (unpaired) electrons. The highest BCUT2D eigenvalue weighted by Gasteiger charge is 2.22. The zero-order valence-electron chi connectivity index (χ0n) is 12.6. The van der Waals surface area contributed by atoms with Crippen LogP contribution in [-0.2, 0) is 6.54 Å². The van der Waals surface area contributed by atoms with Crippen LogP contribution in [0.1, 0.15) is 57.6 Å². The van der Waals surface area contributed by atoms with Crippen molar-refractivity contribution >= 4 is 5.82 Å². The number of pyridine rings is 1. The van der Waals surface area contributed by atoms with E-state index in [4.69, 9.17) is 4.98 Å². The van der Waals surface area contributed by atoms with Crippen molar-refractivity contribution in [3.63, 3.8) is 0 Å². The Hall–Kier alpha value is -1.09. The van der Waals surface area contributed by atoms with E-state index in [1.54, 1.807) is 0 Å². The third-order valence-electron chi connectivity index (χ3n) is 4.58. The van der Waals surface area contributed by atoms with E-state index in [2.05, 4.69) is 35.3 Å². The molecule has 2 aliphatic rings. The molecule has 3 rings (SSSR count). The standard InChI is InChI=1S/C17H27N3/c1-2-16-8-4-3-5-12-20(16)17-9-6-7-15(19-17)13-18-14-10-11-14/h6-7,9,14,16,18H,2-5,8,10-13H2,1H3. The van der Waals surface area contributed by atoms with Crippen molar-refractivity contribution in [3.8, 4) is 0 Å². The van der Waals surface area contributed by atoms with Gasteiger partial charge in [-0.05, 0) is 44.2 Å². The maximum absolute atomic E-state index is 4.90. The second-order valence-electron chi connectivity index (χ2n) is 6.25. The van der Waals surface area contributed by atoms with Crippen LogP contribution in [0.25, 0.3) is 0 Å². The van der Waals surface area contributed by atoms with Gasteiger partial charge >= 0.3 is 0 Å². The summed E-state index contributed by atoms with van der Waals surface area (Å²) in [6, 6.07) is 7.94. The monoisotopic (exact) mass is 273 g/mol. The van der Waals surface area contributed by atoms with Crippen LogP contribution in [0.2, 0.25) is 0 Å². The average molecular weight is 273 g/mol. The molecule has 1 saturated carbocycles. The fraction of sp³-hybridized carbons (Fsp3) is 0.706. The summed E-state index contributed by atoms with van der Waals surface area (Å²) >= 11 is 0. The second kappa shape index (κ2) is 6.57. The molecule has 1 atom stereocenters. The Bertz CT molecular complexity index is 428. The summed E-state index contributed by atoms with van der Waals surface area (Å²) in [6.45, 7) is 4.40. The molecule has 1 unspecified atom stereocenters. The van der Waals surface area contributed by atoms with Crippen molar-refractivity contribution in [2.24, 2.45) is 0 Å². The highest BCUT2D eigenvalue weighted by molar-refractivity contribution is 5.40. The largest absolute Gasteiger partial charge is 0.354 e. The molecule has 1 aliphatic heterocycles. The van der Waals surface area contributed by atoms with Gasteiger partial charge in [0.05, 0.1) is 5.69 Å². The summed E-state index contributed by atoms with van der Waals surface area (Å²) in [7, 11) is 0. The lowest BCUT2D eigenvalue weighted by Crippen LogP contribution is -2.35. The van der Waals surface area contributed by atoms with E-state index in [1.807, 2.05) is 0 Å². The van der Waals surface area contributed by atoms with E-state index in [-0.39, 0.29) is 0 Å². The van der Waals surface area contributed by atoms with Gasteiger partial charge in [0.25, 0.3) is 0 Å². The zero-order chi connectivity index (χ0) is 13.8. The van der Waals surface area contributed by atoms with Gasteiger partial charge in [-0.1, -0.05) is 25.8 Å². The summed E-state index contributed by atoms with van der Waals surface area (Å²) in [5.74, 6) is 1.19. The molecule has 0 aromatic carbocycles. The molecular formula is C17H27N3. The van der Waals surface area contributed by atoms with Gasteiger partial charge in [0.1, 0.15) is 5.82 Å². The van der Waals surface area contributed by atoms with Gasteiger partial charge in [-0.25, -0.2) is 4.98 Å². The van der Waals surface area contributed by atoms with Crippen molar-refractivity contribution in [3.05, 3.63) is 23.9 Å². The zero-order valence-corrected chi connectivity index (χ0v) is 12.6. The van der Waals surface area contributed by atoms with E-state index in [0.29, 0.717) is 6.04 Å². The highest BCUT2D eigenvalue weighted by atomic mass is 15.2. The Morgan fingerprint density at radius 1 is 1.20 bits per heavy atom. The molecule has 2 fully saturated rings. The lowest BCUT2D eigenvalue weighted by molar-refractivity contribution is 0.551. The van der Waals surface area contributed by atoms with E-state index >= 15 is 0 Å². The number of aromatic nitrogens is 1. The molecule has 1 saturated heterocycles. The number of anilines is 1. The summed E-state index contributed by atoms with van der Waals surface area (Å²) < 4.78 is 0.